The van der Waals surface area contributed by atoms with Crippen LogP contribution in [0.4, 0.5) is 0 Å². The van der Waals surface area contributed by atoms with Crippen LogP contribution in [0.3, 0.4) is 0 Å². The molecule has 0 unspecified atom stereocenters. The number of nitrogens with zero attached hydrogens (tertiary/aromatic N) is 1. The van der Waals surface area contributed by atoms with Crippen LogP contribution in [0.1, 0.15) is 31.7 Å². The molecule has 1 fully saturated rings. The van der Waals surface area contributed by atoms with Crippen molar-refractivity contribution in [3.8, 4) is 11.5 Å². The maximum atomic E-state index is 12.2. The molecule has 1 heterocycles. The van der Waals surface area contributed by atoms with Crippen molar-refractivity contribution in [2.45, 2.75) is 38.8 Å². The summed E-state index contributed by atoms with van der Waals surface area (Å²) in [5.41, 5.74) is 1.02. The molecule has 0 N–H and O–H groups in total. The Kier molecular flexibility index (Phi) is 6.72. The number of piperidine rings is 1. The number of halogens is 1. The fourth-order valence-electron chi connectivity index (χ4n) is 2.95. The van der Waals surface area contributed by atoms with Gasteiger partial charge in [0.2, 0.25) is 0 Å². The summed E-state index contributed by atoms with van der Waals surface area (Å²) in [5.74, 6) is 1.36. The van der Waals surface area contributed by atoms with Crippen molar-refractivity contribution in [1.82, 2.24) is 4.90 Å². The second-order valence-corrected chi connectivity index (χ2v) is 6.39. The predicted molar refractivity (Wildman–Crippen MR) is 91.9 cm³/mol. The first kappa shape index (κ1) is 18.1. The van der Waals surface area contributed by atoms with Crippen LogP contribution in [0.25, 0.3) is 0 Å². The molecule has 1 aromatic rings. The third-order valence-corrected chi connectivity index (χ3v) is 4.72. The van der Waals surface area contributed by atoms with E-state index in [0.717, 1.165) is 47.3 Å². The fraction of sp³-hybridized carbons (Fsp3) is 0.588. The lowest BCUT2D eigenvalue weighted by Gasteiger charge is -2.34. The van der Waals surface area contributed by atoms with Crippen LogP contribution < -0.4 is 9.47 Å². The number of hydrogen-bond donors (Lipinski definition) is 0. The predicted octanol–water partition coefficient (Wildman–Crippen LogP) is 3.38. The monoisotopic (exact) mass is 385 g/mol. The Hall–Kier alpha value is -1.27. The highest BCUT2D eigenvalue weighted by Crippen LogP contribution is 2.34. The van der Waals surface area contributed by atoms with Crippen LogP contribution in [0, 0.1) is 0 Å². The number of methoxy groups -OCH3 is 2. The molecule has 1 aliphatic rings. The second kappa shape index (κ2) is 8.55. The van der Waals surface area contributed by atoms with Gasteiger partial charge in [-0.2, -0.15) is 0 Å². The summed E-state index contributed by atoms with van der Waals surface area (Å²) < 4.78 is 16.9. The van der Waals surface area contributed by atoms with Gasteiger partial charge in [-0.3, -0.25) is 9.69 Å². The van der Waals surface area contributed by atoms with Crippen molar-refractivity contribution in [3.63, 3.8) is 0 Å². The Morgan fingerprint density at radius 2 is 2.00 bits per heavy atom. The number of carbonyl (C=O) groups is 1. The number of rotatable bonds is 6. The molecule has 0 radical (unpaired) electrons. The summed E-state index contributed by atoms with van der Waals surface area (Å²) in [6, 6.07) is 3.69. The highest BCUT2D eigenvalue weighted by atomic mass is 79.9. The van der Waals surface area contributed by atoms with E-state index in [2.05, 4.69) is 20.8 Å². The number of ether oxygens (including phenoxy) is 3. The van der Waals surface area contributed by atoms with Crippen LogP contribution in [0.5, 0.6) is 11.5 Å². The maximum absolute atomic E-state index is 12.2. The van der Waals surface area contributed by atoms with Gasteiger partial charge in [-0.1, -0.05) is 6.42 Å². The number of hydrogen-bond acceptors (Lipinski definition) is 5. The second-order valence-electron chi connectivity index (χ2n) is 5.53. The van der Waals surface area contributed by atoms with E-state index in [9.17, 15) is 4.79 Å². The van der Waals surface area contributed by atoms with E-state index in [1.165, 1.54) is 0 Å². The smallest absolute Gasteiger partial charge is 0.323 e. The van der Waals surface area contributed by atoms with Crippen molar-refractivity contribution in [1.29, 1.82) is 0 Å². The third kappa shape index (κ3) is 4.38. The van der Waals surface area contributed by atoms with Crippen molar-refractivity contribution in [2.75, 3.05) is 27.4 Å². The zero-order valence-corrected chi connectivity index (χ0v) is 15.5. The Labute approximate surface area is 146 Å². The molecule has 128 valence electrons. The lowest BCUT2D eigenvalue weighted by atomic mass is 10.0. The molecule has 23 heavy (non-hydrogen) atoms. The minimum Gasteiger partial charge on any atom is -0.496 e. The van der Waals surface area contributed by atoms with E-state index in [-0.39, 0.29) is 12.0 Å². The SMILES string of the molecule is CCOC(=O)[C@@H]1CCCCN1Cc1cc(Br)c(OC)cc1OC. The summed E-state index contributed by atoms with van der Waals surface area (Å²) in [6.45, 7) is 3.79. The Morgan fingerprint density at radius 1 is 1.26 bits per heavy atom. The molecule has 0 aliphatic carbocycles. The maximum Gasteiger partial charge on any atom is 0.323 e. The highest BCUT2D eigenvalue weighted by Gasteiger charge is 2.30. The zero-order chi connectivity index (χ0) is 16.8. The Morgan fingerprint density at radius 3 is 2.65 bits per heavy atom. The van der Waals surface area contributed by atoms with Crippen LogP contribution in [0.2, 0.25) is 0 Å². The molecule has 1 atom stereocenters. The summed E-state index contributed by atoms with van der Waals surface area (Å²) in [5, 5.41) is 0. The molecule has 1 aromatic carbocycles. The average molecular weight is 386 g/mol. The van der Waals surface area contributed by atoms with E-state index >= 15 is 0 Å². The quantitative estimate of drug-likeness (QED) is 0.702. The molecule has 0 bridgehead atoms. The summed E-state index contributed by atoms with van der Waals surface area (Å²) in [6.07, 6.45) is 3.00. The molecular formula is C17H24BrNO4. The largest absolute Gasteiger partial charge is 0.496 e. The van der Waals surface area contributed by atoms with Gasteiger partial charge in [0.1, 0.15) is 17.5 Å². The Bertz CT molecular complexity index is 550. The van der Waals surface area contributed by atoms with E-state index in [4.69, 9.17) is 14.2 Å². The van der Waals surface area contributed by atoms with Gasteiger partial charge >= 0.3 is 5.97 Å². The molecule has 5 nitrogen and oxygen atoms in total. The minimum absolute atomic E-state index is 0.126. The van der Waals surface area contributed by atoms with Crippen LogP contribution in [-0.4, -0.2) is 44.3 Å². The van der Waals surface area contributed by atoms with Crippen molar-refractivity contribution < 1.29 is 19.0 Å². The van der Waals surface area contributed by atoms with Crippen molar-refractivity contribution in [2.24, 2.45) is 0 Å². The molecule has 1 saturated heterocycles. The molecule has 2 rings (SSSR count). The number of benzene rings is 1. The van der Waals surface area contributed by atoms with Gasteiger partial charge in [-0.15, -0.1) is 0 Å². The summed E-state index contributed by atoms with van der Waals surface area (Å²) in [7, 11) is 3.27. The number of carbonyl (C=O) groups excluding carboxylic acids is 1. The van der Waals surface area contributed by atoms with Crippen molar-refractivity contribution >= 4 is 21.9 Å². The molecule has 0 spiro atoms. The molecule has 6 heteroatoms. The van der Waals surface area contributed by atoms with Crippen LogP contribution >= 0.6 is 15.9 Å². The Balaban J connectivity index is 2.21. The van der Waals surface area contributed by atoms with Crippen molar-refractivity contribution in [3.05, 3.63) is 22.2 Å². The first-order chi connectivity index (χ1) is 11.1. The number of esters is 1. The normalized spacial score (nSPS) is 18.5. The average Bonchev–Trinajstić information content (AvgIpc) is 2.56. The van der Waals surface area contributed by atoms with Gasteiger partial charge in [0.15, 0.2) is 0 Å². The summed E-state index contributed by atoms with van der Waals surface area (Å²) in [4.78, 5) is 14.4. The molecule has 1 aliphatic heterocycles. The van der Waals surface area contributed by atoms with Crippen LogP contribution in [0.15, 0.2) is 16.6 Å². The van der Waals surface area contributed by atoms with Gasteiger partial charge in [0.25, 0.3) is 0 Å². The van der Waals surface area contributed by atoms with E-state index in [1.807, 2.05) is 19.1 Å². The topological polar surface area (TPSA) is 48.0 Å². The first-order valence-corrected chi connectivity index (χ1v) is 8.71. The van der Waals surface area contributed by atoms with Gasteiger partial charge in [-0.25, -0.2) is 0 Å². The zero-order valence-electron chi connectivity index (χ0n) is 13.9. The molecule has 0 aromatic heterocycles. The minimum atomic E-state index is -0.172. The van der Waals surface area contributed by atoms with E-state index in [1.54, 1.807) is 14.2 Å². The molecular weight excluding hydrogens is 362 g/mol. The van der Waals surface area contributed by atoms with Gasteiger partial charge in [0.05, 0.1) is 25.3 Å². The standard InChI is InChI=1S/C17H24BrNO4/c1-4-23-17(20)14-7-5-6-8-19(14)11-12-9-13(18)16(22-3)10-15(12)21-2/h9-10,14H,4-8,11H2,1-3H3/t14-/m0/s1. The van der Waals surface area contributed by atoms with Gasteiger partial charge in [-0.05, 0) is 48.3 Å². The first-order valence-electron chi connectivity index (χ1n) is 7.91. The highest BCUT2D eigenvalue weighted by molar-refractivity contribution is 9.10. The van der Waals surface area contributed by atoms with Crippen LogP contribution in [-0.2, 0) is 16.1 Å². The summed E-state index contributed by atoms with van der Waals surface area (Å²) >= 11 is 3.51. The third-order valence-electron chi connectivity index (χ3n) is 4.10. The number of likely N-dealkylation sites (tertiary alicyclic amines) is 1. The van der Waals surface area contributed by atoms with E-state index < -0.39 is 0 Å². The molecule has 0 saturated carbocycles. The molecule has 0 amide bonds. The van der Waals surface area contributed by atoms with Gasteiger partial charge in [0, 0.05) is 18.2 Å². The fourth-order valence-corrected chi connectivity index (χ4v) is 3.50. The van der Waals surface area contributed by atoms with E-state index in [0.29, 0.717) is 13.2 Å². The lowest BCUT2D eigenvalue weighted by molar-refractivity contribution is -0.151. The lowest BCUT2D eigenvalue weighted by Crippen LogP contribution is -2.45. The van der Waals surface area contributed by atoms with Gasteiger partial charge < -0.3 is 14.2 Å².